The van der Waals surface area contributed by atoms with Gasteiger partial charge in [-0.05, 0) is 68.3 Å². The van der Waals surface area contributed by atoms with Crippen molar-refractivity contribution in [3.05, 3.63) is 59.7 Å². The monoisotopic (exact) mass is 486 g/mol. The fourth-order valence-corrected chi connectivity index (χ4v) is 4.07. The lowest BCUT2D eigenvalue weighted by molar-refractivity contribution is -0.140. The Labute approximate surface area is 207 Å². The van der Waals surface area contributed by atoms with Gasteiger partial charge in [0.1, 0.15) is 0 Å². The number of amides is 1. The van der Waals surface area contributed by atoms with Crippen LogP contribution in [0.1, 0.15) is 56.6 Å². The molecule has 1 amide bonds. The lowest BCUT2D eigenvalue weighted by atomic mass is 9.89. The number of carboxylic acids is 1. The first kappa shape index (κ1) is 28.1. The molecule has 0 unspecified atom stereocenters. The summed E-state index contributed by atoms with van der Waals surface area (Å²) in [6.45, 7) is 4.21. The molecular formula is C27H38N2O6. The predicted octanol–water partition coefficient (Wildman–Crippen LogP) is 3.22. The van der Waals surface area contributed by atoms with Crippen LogP contribution in [0.4, 0.5) is 0 Å². The normalized spacial score (nSPS) is 14.5. The summed E-state index contributed by atoms with van der Waals surface area (Å²) in [5, 5.41) is 35.7. The predicted molar refractivity (Wildman–Crippen MR) is 135 cm³/mol. The molecule has 0 fully saturated rings. The van der Waals surface area contributed by atoms with Crippen LogP contribution >= 0.6 is 0 Å². The summed E-state index contributed by atoms with van der Waals surface area (Å²) in [6.07, 6.45) is 1.50. The molecule has 0 aliphatic carbocycles. The molecule has 0 aliphatic rings. The van der Waals surface area contributed by atoms with Crippen molar-refractivity contribution in [3.8, 4) is 11.5 Å². The Bertz CT molecular complexity index is 937. The van der Waals surface area contributed by atoms with Crippen molar-refractivity contribution in [1.82, 2.24) is 10.6 Å². The Morgan fingerprint density at radius 1 is 1.11 bits per heavy atom. The van der Waals surface area contributed by atoms with Gasteiger partial charge in [0.15, 0.2) is 11.5 Å². The number of rotatable bonds is 15. The van der Waals surface area contributed by atoms with E-state index in [0.717, 1.165) is 17.5 Å². The lowest BCUT2D eigenvalue weighted by Crippen LogP contribution is -2.51. The molecule has 192 valence electrons. The van der Waals surface area contributed by atoms with Crippen molar-refractivity contribution in [3.63, 3.8) is 0 Å². The lowest BCUT2D eigenvalue weighted by Gasteiger charge is -2.26. The second-order valence-corrected chi connectivity index (χ2v) is 8.83. The van der Waals surface area contributed by atoms with Gasteiger partial charge in [0.2, 0.25) is 5.91 Å². The molecule has 0 saturated carbocycles. The number of aryl methyl sites for hydroxylation is 1. The van der Waals surface area contributed by atoms with Crippen molar-refractivity contribution in [2.75, 3.05) is 13.7 Å². The van der Waals surface area contributed by atoms with Crippen molar-refractivity contribution in [1.29, 1.82) is 0 Å². The molecular weight excluding hydrogens is 448 g/mol. The number of carboxylic acid groups (broad SMARTS) is 1. The minimum atomic E-state index is -1.08. The number of aromatic hydroxyl groups is 1. The maximum absolute atomic E-state index is 12.8. The number of hydrogen-bond acceptors (Lipinski definition) is 6. The van der Waals surface area contributed by atoms with E-state index in [4.69, 9.17) is 4.74 Å². The van der Waals surface area contributed by atoms with Gasteiger partial charge in [-0.25, -0.2) is 0 Å². The minimum absolute atomic E-state index is 0.0613. The average molecular weight is 487 g/mol. The number of carbonyl (C=O) groups excluding carboxylic acids is 1. The maximum Gasteiger partial charge on any atom is 0.305 e. The standard InChI is InChI=1S/C27H38N2O6/c1-4-20(21-10-6-5-7-11-21)16-23(30)18(2)29-27(34)22(17-26(32)33)28-14-8-9-19-12-13-25(35-3)24(31)15-19/h5-7,10-13,15,18,20,22-23,28,30-31H,4,8-9,14,16-17H2,1-3H3,(H,29,34)(H,32,33)/t18-,20+,22-,23+/m0/s1. The van der Waals surface area contributed by atoms with Gasteiger partial charge in [0.05, 0.1) is 31.7 Å². The zero-order valence-electron chi connectivity index (χ0n) is 20.7. The van der Waals surface area contributed by atoms with Crippen LogP contribution in [0.2, 0.25) is 0 Å². The van der Waals surface area contributed by atoms with E-state index in [-0.39, 0.29) is 18.1 Å². The summed E-state index contributed by atoms with van der Waals surface area (Å²) in [7, 11) is 1.48. The van der Waals surface area contributed by atoms with Crippen molar-refractivity contribution in [2.24, 2.45) is 0 Å². The molecule has 2 aromatic carbocycles. The van der Waals surface area contributed by atoms with Gasteiger partial charge in [-0.1, -0.05) is 43.3 Å². The number of benzene rings is 2. The van der Waals surface area contributed by atoms with E-state index in [1.165, 1.54) is 7.11 Å². The highest BCUT2D eigenvalue weighted by atomic mass is 16.5. The fourth-order valence-electron chi connectivity index (χ4n) is 4.07. The smallest absolute Gasteiger partial charge is 0.305 e. The zero-order chi connectivity index (χ0) is 25.8. The molecule has 5 N–H and O–H groups in total. The molecule has 0 heterocycles. The number of nitrogens with one attached hydrogen (secondary N) is 2. The van der Waals surface area contributed by atoms with Crippen molar-refractivity contribution < 1.29 is 29.6 Å². The van der Waals surface area contributed by atoms with Crippen molar-refractivity contribution in [2.45, 2.75) is 70.1 Å². The number of methoxy groups -OCH3 is 1. The van der Waals surface area contributed by atoms with E-state index < -0.39 is 30.1 Å². The Kier molecular flexibility index (Phi) is 11.5. The molecule has 4 atom stereocenters. The Hall–Kier alpha value is -3.10. The van der Waals surface area contributed by atoms with Crippen LogP contribution in [0.3, 0.4) is 0 Å². The van der Waals surface area contributed by atoms with Crippen LogP contribution in [0, 0.1) is 0 Å². The van der Waals surface area contributed by atoms with E-state index in [1.807, 2.05) is 36.4 Å². The van der Waals surface area contributed by atoms with Gasteiger partial charge in [-0.3, -0.25) is 9.59 Å². The number of phenols is 1. The summed E-state index contributed by atoms with van der Waals surface area (Å²) >= 11 is 0. The largest absolute Gasteiger partial charge is 0.504 e. The maximum atomic E-state index is 12.8. The van der Waals surface area contributed by atoms with E-state index in [2.05, 4.69) is 17.6 Å². The Morgan fingerprint density at radius 2 is 1.83 bits per heavy atom. The number of phenolic OH excluding ortho intramolecular Hbond substituents is 1. The SMILES string of the molecule is CC[C@H](C[C@@H](O)[C@H](C)NC(=O)[C@H](CC(=O)O)NCCCc1ccc(OC)c(O)c1)c1ccccc1. The highest BCUT2D eigenvalue weighted by Crippen LogP contribution is 2.27. The fraction of sp³-hybridized carbons (Fsp3) is 0.481. The minimum Gasteiger partial charge on any atom is -0.504 e. The van der Waals surface area contributed by atoms with Crippen LogP contribution in [-0.2, 0) is 16.0 Å². The number of aliphatic hydroxyl groups excluding tert-OH is 1. The van der Waals surface area contributed by atoms with E-state index in [0.29, 0.717) is 31.6 Å². The molecule has 35 heavy (non-hydrogen) atoms. The summed E-state index contributed by atoms with van der Waals surface area (Å²) in [5.74, 6) is -0.910. The summed E-state index contributed by atoms with van der Waals surface area (Å²) in [6, 6.07) is 13.7. The van der Waals surface area contributed by atoms with E-state index >= 15 is 0 Å². The highest BCUT2D eigenvalue weighted by Gasteiger charge is 2.26. The van der Waals surface area contributed by atoms with E-state index in [9.17, 15) is 24.9 Å². The Balaban J connectivity index is 1.87. The molecule has 0 saturated heterocycles. The van der Waals surface area contributed by atoms with Crippen LogP contribution in [0.15, 0.2) is 48.5 Å². The van der Waals surface area contributed by atoms with Gasteiger partial charge in [0, 0.05) is 0 Å². The number of hydrogen-bond donors (Lipinski definition) is 5. The van der Waals surface area contributed by atoms with Gasteiger partial charge in [-0.2, -0.15) is 0 Å². The van der Waals surface area contributed by atoms with Crippen LogP contribution in [0.25, 0.3) is 0 Å². The molecule has 0 aliphatic heterocycles. The van der Waals surface area contributed by atoms with Crippen molar-refractivity contribution >= 4 is 11.9 Å². The Morgan fingerprint density at radius 3 is 2.43 bits per heavy atom. The number of carbonyl (C=O) groups is 2. The van der Waals surface area contributed by atoms with Crippen LogP contribution in [0.5, 0.6) is 11.5 Å². The van der Waals surface area contributed by atoms with Gasteiger partial charge < -0.3 is 30.7 Å². The molecule has 0 spiro atoms. The van der Waals surface area contributed by atoms with Gasteiger partial charge >= 0.3 is 5.97 Å². The number of aliphatic hydroxyl groups is 1. The molecule has 0 aromatic heterocycles. The first-order valence-electron chi connectivity index (χ1n) is 12.1. The molecule has 0 radical (unpaired) electrons. The molecule has 2 aromatic rings. The highest BCUT2D eigenvalue weighted by molar-refractivity contribution is 5.86. The third-order valence-electron chi connectivity index (χ3n) is 6.21. The summed E-state index contributed by atoms with van der Waals surface area (Å²) in [5.41, 5.74) is 2.05. The first-order chi connectivity index (χ1) is 16.7. The average Bonchev–Trinajstić information content (AvgIpc) is 2.84. The summed E-state index contributed by atoms with van der Waals surface area (Å²) in [4.78, 5) is 24.1. The molecule has 0 bridgehead atoms. The van der Waals surface area contributed by atoms with Crippen LogP contribution in [-0.4, -0.2) is 59.0 Å². The zero-order valence-corrected chi connectivity index (χ0v) is 20.7. The molecule has 8 heteroatoms. The third kappa shape index (κ3) is 9.22. The number of ether oxygens (including phenoxy) is 1. The van der Waals surface area contributed by atoms with E-state index in [1.54, 1.807) is 19.1 Å². The topological polar surface area (TPSA) is 128 Å². The van der Waals surface area contributed by atoms with Crippen LogP contribution < -0.4 is 15.4 Å². The second-order valence-electron chi connectivity index (χ2n) is 8.83. The summed E-state index contributed by atoms with van der Waals surface area (Å²) < 4.78 is 5.04. The van der Waals surface area contributed by atoms with Gasteiger partial charge in [0.25, 0.3) is 0 Å². The third-order valence-corrected chi connectivity index (χ3v) is 6.21. The second kappa shape index (κ2) is 14.3. The molecule has 8 nitrogen and oxygen atoms in total. The number of aliphatic carboxylic acids is 1. The quantitative estimate of drug-likeness (QED) is 0.245. The molecule has 2 rings (SSSR count). The first-order valence-corrected chi connectivity index (χ1v) is 12.1. The van der Waals surface area contributed by atoms with Gasteiger partial charge in [-0.15, -0.1) is 0 Å².